The van der Waals surface area contributed by atoms with E-state index in [4.69, 9.17) is 16.0 Å². The number of halogens is 3. The van der Waals surface area contributed by atoms with Crippen LogP contribution < -0.4 is 20.1 Å². The zero-order valence-corrected chi connectivity index (χ0v) is 23.5. The smallest absolute Gasteiger partial charge is 0.481 e. The van der Waals surface area contributed by atoms with Crippen LogP contribution in [0.1, 0.15) is 66.4 Å². The van der Waals surface area contributed by atoms with Crippen LogP contribution >= 0.6 is 0 Å². The van der Waals surface area contributed by atoms with Gasteiger partial charge in [0, 0.05) is 11.3 Å². The number of aliphatic imine (C=N–C) groups is 1. The predicted octanol–water partition coefficient (Wildman–Crippen LogP) is 7.12. The summed E-state index contributed by atoms with van der Waals surface area (Å²) >= 11 is 0. The summed E-state index contributed by atoms with van der Waals surface area (Å²) in [7, 11) is 0. The first-order valence-electron chi connectivity index (χ1n) is 13.8. The van der Waals surface area contributed by atoms with Crippen LogP contribution in [-0.2, 0) is 11.3 Å². The van der Waals surface area contributed by atoms with Gasteiger partial charge < -0.3 is 20.1 Å². The van der Waals surface area contributed by atoms with E-state index in [0.29, 0.717) is 17.2 Å². The summed E-state index contributed by atoms with van der Waals surface area (Å²) < 4.78 is 47.2. The molecule has 1 saturated carbocycles. The van der Waals surface area contributed by atoms with Gasteiger partial charge in [0.2, 0.25) is 5.96 Å². The highest BCUT2D eigenvalue weighted by molar-refractivity contribution is 6.02. The molecule has 1 unspecified atom stereocenters. The van der Waals surface area contributed by atoms with Gasteiger partial charge in [0.15, 0.2) is 6.10 Å². The molecule has 0 spiro atoms. The molecule has 226 valence electrons. The second kappa shape index (κ2) is 14.0. The first-order chi connectivity index (χ1) is 20.5. The Labute approximate surface area is 247 Å². The minimum Gasteiger partial charge on any atom is -0.481 e. The summed E-state index contributed by atoms with van der Waals surface area (Å²) in [5.74, 6) is -1.20. The molecule has 12 heteroatoms. The molecule has 3 aromatic rings. The number of nitrogens with zero attached hydrogens (tertiary/aromatic N) is 3. The van der Waals surface area contributed by atoms with Crippen LogP contribution in [0, 0.1) is 5.53 Å². The van der Waals surface area contributed by atoms with Crippen LogP contribution in [0.2, 0.25) is 0 Å². The normalized spacial score (nSPS) is 14.9. The van der Waals surface area contributed by atoms with E-state index in [9.17, 15) is 22.8 Å². The topological polar surface area (TPSA) is 130 Å². The molecule has 1 aliphatic carbocycles. The van der Waals surface area contributed by atoms with E-state index in [1.807, 2.05) is 24.3 Å². The molecule has 4 rings (SSSR count). The third-order valence-electron chi connectivity index (χ3n) is 7.14. The molecule has 0 bridgehead atoms. The quantitative estimate of drug-likeness (QED) is 0.155. The van der Waals surface area contributed by atoms with Crippen molar-refractivity contribution in [2.45, 2.75) is 64.0 Å². The third-order valence-corrected chi connectivity index (χ3v) is 7.14. The molecule has 0 radical (unpaired) electrons. The van der Waals surface area contributed by atoms with Crippen molar-refractivity contribution in [3.05, 3.63) is 89.5 Å². The molecular formula is C31H32F3N5O4. The minimum absolute atomic E-state index is 0.148. The van der Waals surface area contributed by atoms with Crippen molar-refractivity contribution < 1.29 is 32.2 Å². The molecule has 1 fully saturated rings. The molecule has 3 N–H and O–H groups in total. The van der Waals surface area contributed by atoms with E-state index in [1.54, 1.807) is 24.0 Å². The molecular weight excluding hydrogens is 563 g/mol. The van der Waals surface area contributed by atoms with Crippen molar-refractivity contribution in [3.8, 4) is 11.5 Å². The van der Waals surface area contributed by atoms with Crippen LogP contribution in [0.4, 0.5) is 18.9 Å². The van der Waals surface area contributed by atoms with Gasteiger partial charge in [-0.2, -0.15) is 4.99 Å². The number of guanidine groups is 1. The lowest BCUT2D eigenvalue weighted by Gasteiger charge is -2.28. The van der Waals surface area contributed by atoms with Gasteiger partial charge in [0.25, 0.3) is 11.8 Å². The Hall–Kier alpha value is -4.74. The van der Waals surface area contributed by atoms with Crippen molar-refractivity contribution >= 4 is 23.5 Å². The monoisotopic (exact) mass is 595 g/mol. The first-order valence-corrected chi connectivity index (χ1v) is 13.8. The van der Waals surface area contributed by atoms with Gasteiger partial charge in [0.1, 0.15) is 11.5 Å². The third kappa shape index (κ3) is 8.87. The molecule has 0 saturated heterocycles. The molecule has 43 heavy (non-hydrogen) atoms. The van der Waals surface area contributed by atoms with Gasteiger partial charge in [-0.25, -0.2) is 5.53 Å². The lowest BCUT2D eigenvalue weighted by atomic mass is 9.84. The van der Waals surface area contributed by atoms with Gasteiger partial charge in [-0.05, 0) is 85.3 Å². The highest BCUT2D eigenvalue weighted by Crippen LogP contribution is 2.34. The number of benzene rings is 3. The van der Waals surface area contributed by atoms with Crippen molar-refractivity contribution in [3.63, 3.8) is 0 Å². The molecule has 3 aromatic carbocycles. The molecule has 1 atom stereocenters. The van der Waals surface area contributed by atoms with Crippen molar-refractivity contribution in [1.82, 2.24) is 0 Å². The number of amides is 2. The number of hydrogen-bond donors (Lipinski definition) is 2. The second-order valence-electron chi connectivity index (χ2n) is 10.2. The average molecular weight is 596 g/mol. The Morgan fingerprint density at radius 2 is 1.56 bits per heavy atom. The Kier molecular flexibility index (Phi) is 10.1. The Bertz CT molecular complexity index is 1440. The number of alkyl halides is 3. The Balaban J connectivity index is 1.54. The number of rotatable bonds is 9. The van der Waals surface area contributed by atoms with E-state index in [0.717, 1.165) is 25.0 Å². The van der Waals surface area contributed by atoms with Gasteiger partial charge in [-0.3, -0.25) is 9.59 Å². The van der Waals surface area contributed by atoms with E-state index < -0.39 is 30.1 Å². The van der Waals surface area contributed by atoms with Crippen molar-refractivity contribution in [1.29, 1.82) is 5.53 Å². The van der Waals surface area contributed by atoms with E-state index in [-0.39, 0.29) is 23.8 Å². The van der Waals surface area contributed by atoms with E-state index >= 15 is 0 Å². The number of nitrogens with one attached hydrogen (secondary N) is 1. The number of ether oxygens (including phenoxy) is 2. The van der Waals surface area contributed by atoms with Gasteiger partial charge >= 0.3 is 6.36 Å². The van der Waals surface area contributed by atoms with E-state index in [2.05, 4.69) is 14.8 Å². The number of carbonyl (C=O) groups is 2. The van der Waals surface area contributed by atoms with Crippen molar-refractivity contribution in [2.75, 3.05) is 4.90 Å². The number of carbonyl (C=O) groups excluding carboxylic acids is 2. The zero-order chi connectivity index (χ0) is 31.0. The highest BCUT2D eigenvalue weighted by Gasteiger charge is 2.31. The Morgan fingerprint density at radius 3 is 2.14 bits per heavy atom. The standard InChI is InChI=1S/C31H32F3N5O4/c1-20(42-26-15-17-27(18-16-26)43-31(32,33)34)29(41)39(25-13-11-23(12-14-25)22-5-3-2-4-6-22)19-21-7-9-24(10-8-21)28(40)37-30(35)38-36/h7-18,20,22,36H,2-6,19H2,1H3,(H2,35,37,40). The number of hydrogen-bond acceptors (Lipinski definition) is 5. The molecule has 0 heterocycles. The fraction of sp³-hybridized carbons (Fsp3) is 0.323. The molecule has 0 aromatic heterocycles. The van der Waals surface area contributed by atoms with Gasteiger partial charge in [-0.1, -0.05) is 43.5 Å². The summed E-state index contributed by atoms with van der Waals surface area (Å²) in [4.78, 5) is 31.1. The maximum Gasteiger partial charge on any atom is 0.573 e. The second-order valence-corrected chi connectivity index (χ2v) is 10.2. The van der Waals surface area contributed by atoms with Crippen LogP contribution in [0.25, 0.3) is 0 Å². The van der Waals surface area contributed by atoms with Crippen molar-refractivity contribution in [2.24, 2.45) is 15.8 Å². The van der Waals surface area contributed by atoms with E-state index in [1.165, 1.54) is 49.1 Å². The fourth-order valence-corrected chi connectivity index (χ4v) is 4.98. The number of nitrogens with two attached hydrogens (primary N) is 1. The maximum atomic E-state index is 13.7. The largest absolute Gasteiger partial charge is 0.573 e. The predicted molar refractivity (Wildman–Crippen MR) is 154 cm³/mol. The number of anilines is 1. The van der Waals surface area contributed by atoms with Crippen LogP contribution in [0.5, 0.6) is 11.5 Å². The van der Waals surface area contributed by atoms with Crippen LogP contribution in [-0.4, -0.2) is 30.2 Å². The first kappa shape index (κ1) is 31.2. The molecule has 0 aliphatic heterocycles. The highest BCUT2D eigenvalue weighted by atomic mass is 19.4. The summed E-state index contributed by atoms with van der Waals surface area (Å²) in [6.07, 6.45) is 0.109. The lowest BCUT2D eigenvalue weighted by molar-refractivity contribution is -0.274. The van der Waals surface area contributed by atoms with Crippen LogP contribution in [0.3, 0.4) is 0 Å². The minimum atomic E-state index is -4.82. The SMILES string of the molecule is CC(Oc1ccc(OC(F)(F)F)cc1)C(=O)N(Cc1ccc(C(=O)N=C(N)N=N)cc1)c1ccc(C2CCCCC2)cc1. The van der Waals surface area contributed by atoms with Gasteiger partial charge in [0.05, 0.1) is 6.54 Å². The lowest BCUT2D eigenvalue weighted by Crippen LogP contribution is -2.40. The van der Waals surface area contributed by atoms with Crippen LogP contribution in [0.15, 0.2) is 82.9 Å². The fourth-order valence-electron chi connectivity index (χ4n) is 4.98. The zero-order valence-electron chi connectivity index (χ0n) is 23.5. The average Bonchev–Trinajstić information content (AvgIpc) is 3.00. The Morgan fingerprint density at radius 1 is 0.953 bits per heavy atom. The molecule has 2 amide bonds. The summed E-state index contributed by atoms with van der Waals surface area (Å²) in [5.41, 5.74) is 15.0. The maximum absolute atomic E-state index is 13.7. The summed E-state index contributed by atoms with van der Waals surface area (Å²) in [6, 6.07) is 19.1. The molecule has 9 nitrogen and oxygen atoms in total. The molecule has 1 aliphatic rings. The van der Waals surface area contributed by atoms with Gasteiger partial charge in [-0.15, -0.1) is 18.3 Å². The summed E-state index contributed by atoms with van der Waals surface area (Å²) in [5, 5.41) is 2.91. The summed E-state index contributed by atoms with van der Waals surface area (Å²) in [6.45, 7) is 1.71.